The molecule has 0 bridgehead atoms. The van der Waals surface area contributed by atoms with Gasteiger partial charge in [-0.1, -0.05) is 0 Å². The van der Waals surface area contributed by atoms with Gasteiger partial charge >= 0.3 is 7.67 Å². The van der Waals surface area contributed by atoms with Crippen molar-refractivity contribution >= 4 is 24.8 Å². The van der Waals surface area contributed by atoms with E-state index in [0.717, 1.165) is 0 Å². The van der Waals surface area contributed by atoms with E-state index in [0.29, 0.717) is 0 Å². The molecule has 3 rings (SSSR count). The van der Waals surface area contributed by atoms with E-state index >= 15 is 0 Å². The highest BCUT2D eigenvalue weighted by atomic mass is 31.2. The Hall–Kier alpha value is -1.86. The number of anilines is 1. The van der Waals surface area contributed by atoms with E-state index in [9.17, 15) is 19.6 Å². The number of rotatable bonds is 10. The quantitative estimate of drug-likeness (QED) is 0.330. The van der Waals surface area contributed by atoms with Crippen molar-refractivity contribution in [3.8, 4) is 0 Å². The molecule has 0 unspecified atom stereocenters. The number of aliphatic hydroxyl groups is 2. The van der Waals surface area contributed by atoms with Crippen LogP contribution in [0.15, 0.2) is 11.1 Å². The van der Waals surface area contributed by atoms with Crippen molar-refractivity contribution in [3.63, 3.8) is 0 Å². The number of imidazole rings is 1. The number of ether oxygens (including phenoxy) is 1. The van der Waals surface area contributed by atoms with Gasteiger partial charge in [0.25, 0.3) is 5.56 Å². The third-order valence-corrected chi connectivity index (χ3v) is 9.67. The van der Waals surface area contributed by atoms with Crippen LogP contribution in [0.25, 0.3) is 11.2 Å². The van der Waals surface area contributed by atoms with Crippen LogP contribution in [0.1, 0.15) is 61.6 Å². The van der Waals surface area contributed by atoms with Gasteiger partial charge in [-0.2, -0.15) is 4.98 Å². The molecule has 1 fully saturated rings. The number of nitrogens with one attached hydrogen (secondary N) is 1. The molecule has 3 heterocycles. The summed E-state index contributed by atoms with van der Waals surface area (Å²) < 4.78 is 31.8. The van der Waals surface area contributed by atoms with Crippen molar-refractivity contribution in [2.45, 2.75) is 104 Å². The Morgan fingerprint density at radius 1 is 1.08 bits per heavy atom. The van der Waals surface area contributed by atoms with Gasteiger partial charge in [-0.05, 0) is 55.4 Å². The lowest BCUT2D eigenvalue weighted by atomic mass is 10.1. The number of fused-ring (bicyclic) bond motifs is 1. The first-order valence-electron chi connectivity index (χ1n) is 12.3. The fourth-order valence-electron chi connectivity index (χ4n) is 5.01. The Labute approximate surface area is 211 Å². The first kappa shape index (κ1) is 28.7. The highest BCUT2D eigenvalue weighted by Crippen LogP contribution is 2.59. The van der Waals surface area contributed by atoms with E-state index < -0.39 is 37.8 Å². The van der Waals surface area contributed by atoms with Gasteiger partial charge in [-0.3, -0.25) is 18.9 Å². The van der Waals surface area contributed by atoms with Crippen molar-refractivity contribution in [3.05, 3.63) is 16.7 Å². The van der Waals surface area contributed by atoms with Crippen molar-refractivity contribution in [1.82, 2.24) is 28.9 Å². The van der Waals surface area contributed by atoms with Crippen LogP contribution in [0.5, 0.6) is 0 Å². The van der Waals surface area contributed by atoms with Crippen LogP contribution in [0.2, 0.25) is 0 Å². The van der Waals surface area contributed by atoms with Crippen LogP contribution >= 0.6 is 7.67 Å². The van der Waals surface area contributed by atoms with E-state index in [1.165, 1.54) is 10.9 Å². The summed E-state index contributed by atoms with van der Waals surface area (Å²) in [6, 6.07) is -0.350. The summed E-state index contributed by atoms with van der Waals surface area (Å²) in [5, 5.41) is 21.6. The average molecular weight is 530 g/mol. The molecule has 0 saturated carbocycles. The zero-order chi connectivity index (χ0) is 27.1. The van der Waals surface area contributed by atoms with E-state index in [-0.39, 0.29) is 47.9 Å². The number of aromatic nitrogens is 4. The lowest BCUT2D eigenvalue weighted by Crippen LogP contribution is -2.46. The maximum atomic E-state index is 14.6. The third kappa shape index (κ3) is 5.24. The molecular weight excluding hydrogens is 489 g/mol. The molecule has 2 aromatic rings. The average Bonchev–Trinajstić information content (AvgIpc) is 3.26. The molecule has 1 aliphatic heterocycles. The second-order valence-corrected chi connectivity index (χ2v) is 12.4. The minimum absolute atomic E-state index is 0.0210. The molecule has 14 heteroatoms. The van der Waals surface area contributed by atoms with Gasteiger partial charge in [0, 0.05) is 24.2 Å². The molecule has 1 saturated heterocycles. The first-order chi connectivity index (χ1) is 16.7. The molecule has 0 aliphatic carbocycles. The summed E-state index contributed by atoms with van der Waals surface area (Å²) in [4.78, 5) is 22.6. The molecule has 0 spiro atoms. The molecular formula is C22H40N7O6P. The number of nitrogens with zero attached hydrogens (tertiary/aromatic N) is 5. The Morgan fingerprint density at radius 2 is 1.61 bits per heavy atom. The first-order valence-corrected chi connectivity index (χ1v) is 13.8. The number of aromatic amines is 1. The highest BCUT2D eigenvalue weighted by Gasteiger charge is 2.49. The number of nitrogen functional groups attached to an aromatic ring is 1. The van der Waals surface area contributed by atoms with Crippen LogP contribution in [0.4, 0.5) is 5.95 Å². The lowest BCUT2D eigenvalue weighted by Gasteiger charge is -2.45. The minimum atomic E-state index is -3.59. The third-order valence-electron chi connectivity index (χ3n) is 6.17. The zero-order valence-corrected chi connectivity index (χ0v) is 23.1. The Bertz CT molecular complexity index is 1110. The Kier molecular flexibility index (Phi) is 8.66. The van der Waals surface area contributed by atoms with Crippen molar-refractivity contribution in [2.75, 3.05) is 12.3 Å². The summed E-state index contributed by atoms with van der Waals surface area (Å²) in [6.45, 7) is 15.4. The minimum Gasteiger partial charge on any atom is -0.387 e. The predicted octanol–water partition coefficient (Wildman–Crippen LogP) is 1.68. The van der Waals surface area contributed by atoms with Crippen LogP contribution < -0.4 is 11.3 Å². The monoisotopic (exact) mass is 529 g/mol. The number of H-pyrrole nitrogens is 1. The summed E-state index contributed by atoms with van der Waals surface area (Å²) in [6.07, 6.45) is -3.55. The Balaban J connectivity index is 1.92. The zero-order valence-electron chi connectivity index (χ0n) is 22.2. The van der Waals surface area contributed by atoms with Crippen LogP contribution in [-0.4, -0.2) is 88.2 Å². The number of hydrogen-bond donors (Lipinski definition) is 4. The maximum absolute atomic E-state index is 14.6. The molecule has 204 valence electrons. The van der Waals surface area contributed by atoms with Gasteiger partial charge in [0.2, 0.25) is 5.95 Å². The Morgan fingerprint density at radius 3 is 2.11 bits per heavy atom. The second-order valence-electron chi connectivity index (χ2n) is 10.2. The largest absolute Gasteiger partial charge is 0.387 e. The lowest BCUT2D eigenvalue weighted by molar-refractivity contribution is -0.0502. The molecule has 36 heavy (non-hydrogen) atoms. The van der Waals surface area contributed by atoms with E-state index in [4.69, 9.17) is 15.0 Å². The van der Waals surface area contributed by atoms with Gasteiger partial charge in [-0.15, -0.1) is 0 Å². The fourth-order valence-corrected chi connectivity index (χ4v) is 8.19. The topological polar surface area (TPSA) is 172 Å². The van der Waals surface area contributed by atoms with Crippen molar-refractivity contribution in [1.29, 1.82) is 0 Å². The van der Waals surface area contributed by atoms with Gasteiger partial charge in [0.1, 0.15) is 18.3 Å². The molecule has 0 radical (unpaired) electrons. The summed E-state index contributed by atoms with van der Waals surface area (Å²) in [5.41, 5.74) is 5.27. The maximum Gasteiger partial charge on any atom is 0.347 e. The molecule has 2 aromatic heterocycles. The fraction of sp³-hybridized carbons (Fsp3) is 0.773. The van der Waals surface area contributed by atoms with Crippen molar-refractivity contribution < 1.29 is 24.0 Å². The molecule has 4 atom stereocenters. The summed E-state index contributed by atoms with van der Waals surface area (Å²) in [7, 11) is -3.59. The SMILES string of the molecule is CC(C)N(C(C)C)P(=O)(OC[C@H]1O[C@@H](n2cnc3c(=O)[nH]c(N)nc32)[C@H](O)[C@@H]1O)N(C(C)C)C(C)C. The van der Waals surface area contributed by atoms with Gasteiger partial charge < -0.3 is 25.2 Å². The smallest absolute Gasteiger partial charge is 0.347 e. The molecule has 1 aliphatic rings. The molecule has 0 aromatic carbocycles. The highest BCUT2D eigenvalue weighted by molar-refractivity contribution is 7.54. The van der Waals surface area contributed by atoms with Gasteiger partial charge in [0.15, 0.2) is 17.4 Å². The molecule has 0 amide bonds. The number of hydrogen-bond acceptors (Lipinski definition) is 9. The van der Waals surface area contributed by atoms with Crippen LogP contribution in [0.3, 0.4) is 0 Å². The normalized spacial score (nSPS) is 23.6. The van der Waals surface area contributed by atoms with Gasteiger partial charge in [-0.25, -0.2) is 14.3 Å². The van der Waals surface area contributed by atoms with Gasteiger partial charge in [0.05, 0.1) is 12.9 Å². The van der Waals surface area contributed by atoms with Crippen molar-refractivity contribution in [2.24, 2.45) is 0 Å². The van der Waals surface area contributed by atoms with E-state index in [2.05, 4.69) is 15.0 Å². The number of aliphatic hydroxyl groups excluding tert-OH is 2. The predicted molar refractivity (Wildman–Crippen MR) is 136 cm³/mol. The summed E-state index contributed by atoms with van der Waals surface area (Å²) >= 11 is 0. The number of nitrogens with two attached hydrogens (primary N) is 1. The van der Waals surface area contributed by atoms with E-state index in [1.54, 1.807) is 0 Å². The van der Waals surface area contributed by atoms with E-state index in [1.807, 2.05) is 64.7 Å². The molecule has 13 nitrogen and oxygen atoms in total. The standard InChI is InChI=1S/C22H40N7O6P/c1-11(2)28(12(3)4)36(33,29(13(5)6)14(7)8)34-9-15-17(30)18(31)21(35-15)27-10-24-16-19(27)25-22(23)26-20(16)32/h10-15,17-18,21,30-31H,9H2,1-8H3,(H3,23,25,26,32)/t15-,17-,18-,21-/m1/s1. The molecule has 5 N–H and O–H groups in total. The van der Waals surface area contributed by atoms with Crippen LogP contribution in [0, 0.1) is 0 Å². The summed E-state index contributed by atoms with van der Waals surface area (Å²) in [5.74, 6) is -0.118. The second kappa shape index (κ2) is 10.9. The van der Waals surface area contributed by atoms with Crippen LogP contribution in [-0.2, 0) is 13.8 Å².